The number of carbonyl (C=O) groups is 4. The second kappa shape index (κ2) is 14.9. The zero-order valence-corrected chi connectivity index (χ0v) is 22.9. The van der Waals surface area contributed by atoms with Crippen molar-refractivity contribution in [2.75, 3.05) is 47.4 Å². The van der Waals surface area contributed by atoms with E-state index in [0.29, 0.717) is 12.3 Å². The van der Waals surface area contributed by atoms with Gasteiger partial charge in [0.1, 0.15) is 24.4 Å². The maximum Gasteiger partial charge on any atom is 0.255 e. The predicted octanol–water partition coefficient (Wildman–Crippen LogP) is 1.21. The lowest BCUT2D eigenvalue weighted by molar-refractivity contribution is -0.136. The second-order valence-corrected chi connectivity index (χ2v) is 9.95. The van der Waals surface area contributed by atoms with Gasteiger partial charge in [-0.1, -0.05) is 42.5 Å². The van der Waals surface area contributed by atoms with E-state index in [-0.39, 0.29) is 37.5 Å². The number of likely N-dealkylation sites (N-methyl/N-ethyl adjacent to an activating group) is 1. The normalized spacial score (nSPS) is 18.9. The number of benzene rings is 2. The molecular weight excluding hydrogens is 498 g/mol. The van der Waals surface area contributed by atoms with Crippen LogP contribution in [0.15, 0.2) is 54.6 Å². The lowest BCUT2D eigenvalue weighted by Gasteiger charge is -2.27. The quantitative estimate of drug-likeness (QED) is 0.436. The summed E-state index contributed by atoms with van der Waals surface area (Å²) in [6.07, 6.45) is 1.62. The van der Waals surface area contributed by atoms with E-state index in [9.17, 15) is 19.2 Å². The highest BCUT2D eigenvalue weighted by Gasteiger charge is 2.30. The first-order valence-corrected chi connectivity index (χ1v) is 13.3. The van der Waals surface area contributed by atoms with Gasteiger partial charge in [0, 0.05) is 20.0 Å². The number of nitrogens with one attached hydrogen (secondary N) is 3. The molecule has 0 radical (unpaired) electrons. The van der Waals surface area contributed by atoms with Gasteiger partial charge in [-0.2, -0.15) is 0 Å². The zero-order chi connectivity index (χ0) is 28.2. The van der Waals surface area contributed by atoms with Crippen molar-refractivity contribution in [3.8, 4) is 5.75 Å². The van der Waals surface area contributed by atoms with Gasteiger partial charge < -0.3 is 30.5 Å². The van der Waals surface area contributed by atoms with Crippen molar-refractivity contribution < 1.29 is 23.9 Å². The Balaban J connectivity index is 1.82. The summed E-state index contributed by atoms with van der Waals surface area (Å²) >= 11 is 0. The summed E-state index contributed by atoms with van der Waals surface area (Å²) in [5.74, 6) is -1.43. The van der Waals surface area contributed by atoms with Gasteiger partial charge in [0.15, 0.2) is 0 Å². The highest BCUT2D eigenvalue weighted by atomic mass is 16.5. The molecule has 1 aliphatic rings. The first-order valence-electron chi connectivity index (χ1n) is 13.3. The van der Waals surface area contributed by atoms with Crippen LogP contribution in [0.2, 0.25) is 0 Å². The SMILES string of the molecule is CN(C)CCCCNC(=O)[C@@H]1CC(=O)N[C@@H](Cc2ccccc2)C(=O)N(C)CCOc2ccccc2C(=O)N1. The van der Waals surface area contributed by atoms with Gasteiger partial charge in [-0.25, -0.2) is 0 Å². The molecule has 0 spiro atoms. The number of ether oxygens (including phenoxy) is 1. The zero-order valence-electron chi connectivity index (χ0n) is 22.9. The molecule has 2 aromatic rings. The molecule has 4 amide bonds. The molecule has 10 heteroatoms. The van der Waals surface area contributed by atoms with Gasteiger partial charge in [-0.15, -0.1) is 0 Å². The van der Waals surface area contributed by atoms with Crippen molar-refractivity contribution in [1.29, 1.82) is 0 Å². The number of rotatable bonds is 8. The van der Waals surface area contributed by atoms with Crippen molar-refractivity contribution >= 4 is 23.6 Å². The van der Waals surface area contributed by atoms with Gasteiger partial charge in [0.2, 0.25) is 17.7 Å². The van der Waals surface area contributed by atoms with Crippen LogP contribution in [-0.2, 0) is 20.8 Å². The van der Waals surface area contributed by atoms with Gasteiger partial charge in [0.05, 0.1) is 18.5 Å². The molecule has 0 bridgehead atoms. The molecule has 0 aromatic heterocycles. The summed E-state index contributed by atoms with van der Waals surface area (Å²) in [6, 6.07) is 14.1. The molecule has 1 heterocycles. The number of amides is 4. The fourth-order valence-corrected chi connectivity index (χ4v) is 4.27. The molecule has 0 unspecified atom stereocenters. The van der Waals surface area contributed by atoms with E-state index in [2.05, 4.69) is 20.9 Å². The van der Waals surface area contributed by atoms with E-state index in [1.54, 1.807) is 31.3 Å². The molecule has 0 saturated carbocycles. The van der Waals surface area contributed by atoms with E-state index in [1.165, 1.54) is 4.90 Å². The Kier molecular flexibility index (Phi) is 11.3. The fourth-order valence-electron chi connectivity index (χ4n) is 4.27. The van der Waals surface area contributed by atoms with E-state index in [4.69, 9.17) is 4.74 Å². The van der Waals surface area contributed by atoms with Crippen LogP contribution in [0.5, 0.6) is 5.75 Å². The molecule has 10 nitrogen and oxygen atoms in total. The number of carbonyl (C=O) groups excluding carboxylic acids is 4. The van der Waals surface area contributed by atoms with E-state index in [0.717, 1.165) is 24.9 Å². The molecule has 0 aliphatic carbocycles. The summed E-state index contributed by atoms with van der Waals surface area (Å²) in [7, 11) is 5.61. The number of para-hydroxylation sites is 1. The molecular formula is C29H39N5O5. The average molecular weight is 538 g/mol. The first kappa shape index (κ1) is 29.6. The Morgan fingerprint density at radius 2 is 1.74 bits per heavy atom. The van der Waals surface area contributed by atoms with E-state index < -0.39 is 29.8 Å². The minimum atomic E-state index is -1.13. The van der Waals surface area contributed by atoms with Gasteiger partial charge in [0.25, 0.3) is 5.91 Å². The van der Waals surface area contributed by atoms with Crippen LogP contribution in [0, 0.1) is 0 Å². The summed E-state index contributed by atoms with van der Waals surface area (Å²) in [4.78, 5) is 56.4. The number of unbranched alkanes of at least 4 members (excludes halogenated alkanes) is 1. The molecule has 210 valence electrons. The maximum atomic E-state index is 13.3. The smallest absolute Gasteiger partial charge is 0.255 e. The van der Waals surface area contributed by atoms with Crippen LogP contribution >= 0.6 is 0 Å². The molecule has 0 saturated heterocycles. The van der Waals surface area contributed by atoms with Crippen molar-refractivity contribution in [2.24, 2.45) is 0 Å². The number of hydrogen-bond donors (Lipinski definition) is 3. The summed E-state index contributed by atoms with van der Waals surface area (Å²) in [6.45, 7) is 1.71. The Morgan fingerprint density at radius 1 is 1.03 bits per heavy atom. The molecule has 0 fully saturated rings. The molecule has 3 rings (SSSR count). The van der Waals surface area contributed by atoms with Gasteiger partial charge >= 0.3 is 0 Å². The van der Waals surface area contributed by atoms with E-state index >= 15 is 0 Å². The van der Waals surface area contributed by atoms with E-state index in [1.807, 2.05) is 44.4 Å². The average Bonchev–Trinajstić information content (AvgIpc) is 2.91. The summed E-state index contributed by atoms with van der Waals surface area (Å²) < 4.78 is 5.86. The van der Waals surface area contributed by atoms with Crippen LogP contribution < -0.4 is 20.7 Å². The summed E-state index contributed by atoms with van der Waals surface area (Å²) in [5.41, 5.74) is 1.13. The van der Waals surface area contributed by atoms with Crippen LogP contribution in [0.1, 0.15) is 35.2 Å². The molecule has 2 atom stereocenters. The molecule has 1 aliphatic heterocycles. The van der Waals surface area contributed by atoms with Crippen molar-refractivity contribution in [2.45, 2.75) is 37.8 Å². The lowest BCUT2D eigenvalue weighted by atomic mass is 10.0. The van der Waals surface area contributed by atoms with Crippen LogP contribution in [-0.4, -0.2) is 92.9 Å². The fraction of sp³-hybridized carbons (Fsp3) is 0.448. The number of nitrogens with zero attached hydrogens (tertiary/aromatic N) is 2. The minimum absolute atomic E-state index is 0.148. The van der Waals surface area contributed by atoms with Crippen molar-refractivity contribution in [1.82, 2.24) is 25.8 Å². The number of fused-ring (bicyclic) bond motifs is 1. The highest BCUT2D eigenvalue weighted by Crippen LogP contribution is 2.19. The molecule has 3 N–H and O–H groups in total. The standard InChI is InChI=1S/C29H39N5O5/c1-33(2)16-10-9-15-30-28(37)23-20-26(35)31-24(19-21-11-5-4-6-12-21)29(38)34(3)17-18-39-25-14-8-7-13-22(25)27(36)32-23/h4-8,11-14,23-24H,9-10,15-20H2,1-3H3,(H,30,37)(H,31,35)(H,32,36)/t23-,24-/m0/s1. The van der Waals surface area contributed by atoms with Crippen LogP contribution in [0.3, 0.4) is 0 Å². The third kappa shape index (κ3) is 9.40. The van der Waals surface area contributed by atoms with Crippen molar-refractivity contribution in [3.05, 3.63) is 65.7 Å². The topological polar surface area (TPSA) is 120 Å². The highest BCUT2D eigenvalue weighted by molar-refractivity contribution is 6.01. The first-order chi connectivity index (χ1) is 18.7. The Bertz CT molecular complexity index is 1120. The Labute approximate surface area is 230 Å². The third-order valence-corrected chi connectivity index (χ3v) is 6.45. The maximum absolute atomic E-state index is 13.3. The minimum Gasteiger partial charge on any atom is -0.491 e. The predicted molar refractivity (Wildman–Crippen MR) is 148 cm³/mol. The van der Waals surface area contributed by atoms with Crippen LogP contribution in [0.25, 0.3) is 0 Å². The Morgan fingerprint density at radius 3 is 2.49 bits per heavy atom. The Hall–Kier alpha value is -3.92. The van der Waals surface area contributed by atoms with Crippen molar-refractivity contribution in [3.63, 3.8) is 0 Å². The van der Waals surface area contributed by atoms with Gasteiger partial charge in [-0.05, 0) is 51.2 Å². The monoisotopic (exact) mass is 537 g/mol. The van der Waals surface area contributed by atoms with Crippen LogP contribution in [0.4, 0.5) is 0 Å². The summed E-state index contributed by atoms with van der Waals surface area (Å²) in [5, 5.41) is 8.34. The number of hydrogen-bond acceptors (Lipinski definition) is 6. The van der Waals surface area contributed by atoms with Gasteiger partial charge in [-0.3, -0.25) is 19.2 Å². The molecule has 39 heavy (non-hydrogen) atoms. The molecule has 2 aromatic carbocycles. The largest absolute Gasteiger partial charge is 0.491 e. The third-order valence-electron chi connectivity index (χ3n) is 6.45. The second-order valence-electron chi connectivity index (χ2n) is 9.95. The lowest BCUT2D eigenvalue weighted by Crippen LogP contribution is -2.53.